The minimum atomic E-state index is -0.778. The Morgan fingerprint density at radius 3 is 2.75 bits per heavy atom. The molecule has 7 nitrogen and oxygen atoms in total. The van der Waals surface area contributed by atoms with Gasteiger partial charge in [0.25, 0.3) is 5.91 Å². The van der Waals surface area contributed by atoms with E-state index in [2.05, 4.69) is 10.3 Å². The van der Waals surface area contributed by atoms with Gasteiger partial charge in [0.05, 0.1) is 15.5 Å². The average molecular weight is 294 g/mol. The van der Waals surface area contributed by atoms with Crippen molar-refractivity contribution in [1.29, 1.82) is 0 Å². The van der Waals surface area contributed by atoms with Crippen LogP contribution < -0.4 is 5.32 Å². The zero-order chi connectivity index (χ0) is 14.7. The van der Waals surface area contributed by atoms with Crippen molar-refractivity contribution in [3.05, 3.63) is 57.2 Å². The topological polar surface area (TPSA) is 105 Å². The average Bonchev–Trinajstić information content (AvgIpc) is 2.41. The summed E-state index contributed by atoms with van der Waals surface area (Å²) < 4.78 is 0. The molecular weight excluding hydrogens is 286 g/mol. The molecule has 8 heteroatoms. The van der Waals surface area contributed by atoms with E-state index in [9.17, 15) is 20.0 Å². The number of hydrogen-bond acceptors (Lipinski definition) is 5. The van der Waals surface area contributed by atoms with Crippen molar-refractivity contribution >= 4 is 29.0 Å². The van der Waals surface area contributed by atoms with Crippen LogP contribution in [0.4, 0.5) is 11.5 Å². The molecule has 0 fully saturated rings. The Morgan fingerprint density at radius 2 is 2.10 bits per heavy atom. The molecule has 1 aromatic heterocycles. The second-order valence-corrected chi connectivity index (χ2v) is 4.13. The SMILES string of the molecule is O=C(Nc1ncccc1Cl)c1cccc([N+](=O)[O-])c1O. The molecule has 1 aromatic carbocycles. The third-order valence-electron chi connectivity index (χ3n) is 2.45. The van der Waals surface area contributed by atoms with Crippen LogP contribution in [0.2, 0.25) is 5.02 Å². The highest BCUT2D eigenvalue weighted by Crippen LogP contribution is 2.30. The zero-order valence-electron chi connectivity index (χ0n) is 9.91. The molecule has 0 radical (unpaired) electrons. The lowest BCUT2D eigenvalue weighted by Crippen LogP contribution is -2.13. The number of nitrogens with zero attached hydrogens (tertiary/aromatic N) is 2. The summed E-state index contributed by atoms with van der Waals surface area (Å²) in [6.45, 7) is 0. The fourth-order valence-corrected chi connectivity index (χ4v) is 1.68. The smallest absolute Gasteiger partial charge is 0.311 e. The molecule has 2 rings (SSSR count). The standard InChI is InChI=1S/C12H8ClN3O4/c13-8-4-2-6-14-11(8)15-12(18)7-3-1-5-9(10(7)17)16(19)20/h1-6,17H,(H,14,15,18). The first-order valence-electron chi connectivity index (χ1n) is 5.39. The molecule has 0 atom stereocenters. The van der Waals surface area contributed by atoms with Crippen LogP contribution in [0.3, 0.4) is 0 Å². The van der Waals surface area contributed by atoms with Crippen LogP contribution >= 0.6 is 11.6 Å². The maximum absolute atomic E-state index is 12.0. The number of halogens is 1. The number of benzene rings is 1. The van der Waals surface area contributed by atoms with Crippen LogP contribution in [0.15, 0.2) is 36.5 Å². The number of phenolic OH excluding ortho intramolecular Hbond substituents is 1. The summed E-state index contributed by atoms with van der Waals surface area (Å²) in [6.07, 6.45) is 1.43. The monoisotopic (exact) mass is 293 g/mol. The van der Waals surface area contributed by atoms with E-state index in [0.29, 0.717) is 0 Å². The number of amides is 1. The summed E-state index contributed by atoms with van der Waals surface area (Å²) in [4.78, 5) is 25.7. The summed E-state index contributed by atoms with van der Waals surface area (Å²) >= 11 is 5.83. The Labute approximate surface area is 118 Å². The number of phenols is 1. The number of pyridine rings is 1. The van der Waals surface area contributed by atoms with Crippen molar-refractivity contribution in [2.45, 2.75) is 0 Å². The molecule has 0 aliphatic rings. The van der Waals surface area contributed by atoms with E-state index in [4.69, 9.17) is 11.6 Å². The molecule has 2 N–H and O–H groups in total. The minimum Gasteiger partial charge on any atom is -0.502 e. The Balaban J connectivity index is 2.33. The molecular formula is C12H8ClN3O4. The Morgan fingerprint density at radius 1 is 1.35 bits per heavy atom. The molecule has 0 bridgehead atoms. The lowest BCUT2D eigenvalue weighted by Gasteiger charge is -2.07. The highest BCUT2D eigenvalue weighted by atomic mass is 35.5. The van der Waals surface area contributed by atoms with Crippen LogP contribution in [0.5, 0.6) is 5.75 Å². The maximum Gasteiger partial charge on any atom is 0.311 e. The van der Waals surface area contributed by atoms with Crippen molar-refractivity contribution in [1.82, 2.24) is 4.98 Å². The van der Waals surface area contributed by atoms with Crippen molar-refractivity contribution in [2.75, 3.05) is 5.32 Å². The number of aromatic hydroxyl groups is 1. The van der Waals surface area contributed by atoms with Gasteiger partial charge in [-0.25, -0.2) is 4.98 Å². The molecule has 1 amide bonds. The Hall–Kier alpha value is -2.67. The number of nitro benzene ring substituents is 1. The summed E-state index contributed by atoms with van der Waals surface area (Å²) in [5, 5.41) is 23.0. The van der Waals surface area contributed by atoms with Gasteiger partial charge < -0.3 is 10.4 Å². The number of carbonyl (C=O) groups excluding carboxylic acids is 1. The fraction of sp³-hybridized carbons (Fsp3) is 0. The van der Waals surface area contributed by atoms with Crippen LogP contribution in [0, 0.1) is 10.1 Å². The summed E-state index contributed by atoms with van der Waals surface area (Å²) in [6, 6.07) is 6.77. The fourth-order valence-electron chi connectivity index (χ4n) is 1.51. The zero-order valence-corrected chi connectivity index (χ0v) is 10.7. The first-order valence-corrected chi connectivity index (χ1v) is 5.76. The Bertz CT molecular complexity index is 690. The number of rotatable bonds is 3. The summed E-state index contributed by atoms with van der Waals surface area (Å²) in [5.74, 6) is -1.35. The van der Waals surface area contributed by atoms with Crippen LogP contribution in [-0.2, 0) is 0 Å². The largest absolute Gasteiger partial charge is 0.502 e. The van der Waals surface area contributed by atoms with Gasteiger partial charge in [-0.3, -0.25) is 14.9 Å². The summed E-state index contributed by atoms with van der Waals surface area (Å²) in [7, 11) is 0. The van der Waals surface area contributed by atoms with Gasteiger partial charge in [0, 0.05) is 12.3 Å². The van der Waals surface area contributed by atoms with E-state index >= 15 is 0 Å². The molecule has 0 spiro atoms. The molecule has 102 valence electrons. The third kappa shape index (κ3) is 2.67. The predicted octanol–water partition coefficient (Wildman–Crippen LogP) is 2.60. The second-order valence-electron chi connectivity index (χ2n) is 3.72. The highest BCUT2D eigenvalue weighted by Gasteiger charge is 2.21. The highest BCUT2D eigenvalue weighted by molar-refractivity contribution is 6.33. The van der Waals surface area contributed by atoms with Crippen LogP contribution in [-0.4, -0.2) is 20.9 Å². The predicted molar refractivity (Wildman–Crippen MR) is 72.0 cm³/mol. The van der Waals surface area contributed by atoms with Gasteiger partial charge in [0.1, 0.15) is 0 Å². The molecule has 0 unspecified atom stereocenters. The first kappa shape index (κ1) is 13.8. The molecule has 0 saturated carbocycles. The molecule has 0 saturated heterocycles. The number of aromatic nitrogens is 1. The molecule has 0 aliphatic carbocycles. The maximum atomic E-state index is 12.0. The van der Waals surface area contributed by atoms with Crippen molar-refractivity contribution in [2.24, 2.45) is 0 Å². The van der Waals surface area contributed by atoms with E-state index in [-0.39, 0.29) is 16.4 Å². The van der Waals surface area contributed by atoms with E-state index in [1.165, 1.54) is 24.4 Å². The molecule has 20 heavy (non-hydrogen) atoms. The van der Waals surface area contributed by atoms with Crippen molar-refractivity contribution < 1.29 is 14.8 Å². The normalized spacial score (nSPS) is 10.1. The number of carbonyl (C=O) groups is 1. The number of nitrogens with one attached hydrogen (secondary N) is 1. The molecule has 0 aliphatic heterocycles. The molecule has 1 heterocycles. The van der Waals surface area contributed by atoms with E-state index in [1.54, 1.807) is 6.07 Å². The number of nitro groups is 1. The van der Waals surface area contributed by atoms with Crippen molar-refractivity contribution in [3.8, 4) is 5.75 Å². The second kappa shape index (κ2) is 5.54. The van der Waals surface area contributed by atoms with Crippen LogP contribution in [0.1, 0.15) is 10.4 Å². The summed E-state index contributed by atoms with van der Waals surface area (Å²) in [5.41, 5.74) is -0.786. The van der Waals surface area contributed by atoms with E-state index in [1.807, 2.05) is 0 Å². The van der Waals surface area contributed by atoms with Crippen LogP contribution in [0.25, 0.3) is 0 Å². The van der Waals surface area contributed by atoms with E-state index in [0.717, 1.165) is 6.07 Å². The van der Waals surface area contributed by atoms with Gasteiger partial charge in [0.15, 0.2) is 5.82 Å². The Kier molecular flexibility index (Phi) is 3.81. The van der Waals surface area contributed by atoms with Gasteiger partial charge in [-0.2, -0.15) is 0 Å². The van der Waals surface area contributed by atoms with Gasteiger partial charge in [-0.15, -0.1) is 0 Å². The quantitative estimate of drug-likeness (QED) is 0.668. The first-order chi connectivity index (χ1) is 9.50. The third-order valence-corrected chi connectivity index (χ3v) is 2.75. The van der Waals surface area contributed by atoms with Gasteiger partial charge in [-0.05, 0) is 18.2 Å². The van der Waals surface area contributed by atoms with E-state index < -0.39 is 22.3 Å². The van der Waals surface area contributed by atoms with Crippen molar-refractivity contribution in [3.63, 3.8) is 0 Å². The van der Waals surface area contributed by atoms with Gasteiger partial charge >= 0.3 is 5.69 Å². The number of anilines is 1. The van der Waals surface area contributed by atoms with Gasteiger partial charge in [-0.1, -0.05) is 17.7 Å². The lowest BCUT2D eigenvalue weighted by atomic mass is 10.1. The minimum absolute atomic E-state index is 0.102. The number of para-hydroxylation sites is 1. The van der Waals surface area contributed by atoms with Gasteiger partial charge in [0.2, 0.25) is 5.75 Å². The lowest BCUT2D eigenvalue weighted by molar-refractivity contribution is -0.385. The molecule has 2 aromatic rings. The number of hydrogen-bond donors (Lipinski definition) is 2.